The SMILES string of the molecule is CC(C)Oc1ccc(Br)cc1C(=O)NC(=S)Nc1ccc(OCCc2ccccc2)cc1. The number of amides is 1. The molecule has 166 valence electrons. The molecular formula is C25H25BrN2O3S. The summed E-state index contributed by atoms with van der Waals surface area (Å²) in [6, 6.07) is 22.9. The normalized spacial score (nSPS) is 10.5. The quantitative estimate of drug-likeness (QED) is 0.363. The van der Waals surface area contributed by atoms with Crippen molar-refractivity contribution in [2.24, 2.45) is 0 Å². The first-order valence-corrected chi connectivity index (χ1v) is 11.5. The first kappa shape index (κ1) is 23.8. The highest BCUT2D eigenvalue weighted by molar-refractivity contribution is 9.10. The van der Waals surface area contributed by atoms with E-state index < -0.39 is 0 Å². The molecule has 0 aliphatic carbocycles. The van der Waals surface area contributed by atoms with Crippen LogP contribution in [0.5, 0.6) is 11.5 Å². The summed E-state index contributed by atoms with van der Waals surface area (Å²) < 4.78 is 12.3. The molecule has 0 aliphatic heterocycles. The highest BCUT2D eigenvalue weighted by Gasteiger charge is 2.16. The van der Waals surface area contributed by atoms with Crippen LogP contribution >= 0.6 is 28.1 Å². The second-order valence-corrected chi connectivity index (χ2v) is 8.65. The van der Waals surface area contributed by atoms with E-state index in [-0.39, 0.29) is 17.1 Å². The molecule has 3 aromatic rings. The van der Waals surface area contributed by atoms with E-state index in [1.807, 2.05) is 62.4 Å². The van der Waals surface area contributed by atoms with Crippen molar-refractivity contribution in [3.05, 3.63) is 88.4 Å². The molecule has 0 spiro atoms. The van der Waals surface area contributed by atoms with Gasteiger partial charge >= 0.3 is 0 Å². The predicted molar refractivity (Wildman–Crippen MR) is 136 cm³/mol. The molecule has 0 saturated heterocycles. The van der Waals surface area contributed by atoms with E-state index in [9.17, 15) is 4.79 Å². The first-order valence-electron chi connectivity index (χ1n) is 10.3. The third-order valence-corrected chi connectivity index (χ3v) is 5.09. The van der Waals surface area contributed by atoms with Gasteiger partial charge in [-0.2, -0.15) is 0 Å². The maximum absolute atomic E-state index is 12.7. The minimum Gasteiger partial charge on any atom is -0.493 e. The van der Waals surface area contributed by atoms with Gasteiger partial charge in [-0.3, -0.25) is 10.1 Å². The molecule has 0 radical (unpaired) electrons. The Morgan fingerprint density at radius 1 is 1.03 bits per heavy atom. The number of carbonyl (C=O) groups is 1. The van der Waals surface area contributed by atoms with Gasteiger partial charge in [-0.05, 0) is 74.1 Å². The number of carbonyl (C=O) groups excluding carboxylic acids is 1. The van der Waals surface area contributed by atoms with E-state index in [0.29, 0.717) is 17.9 Å². The highest BCUT2D eigenvalue weighted by Crippen LogP contribution is 2.24. The molecule has 2 N–H and O–H groups in total. The van der Waals surface area contributed by atoms with E-state index >= 15 is 0 Å². The highest BCUT2D eigenvalue weighted by atomic mass is 79.9. The van der Waals surface area contributed by atoms with E-state index in [1.54, 1.807) is 12.1 Å². The van der Waals surface area contributed by atoms with Gasteiger partial charge in [-0.15, -0.1) is 0 Å². The molecule has 32 heavy (non-hydrogen) atoms. The van der Waals surface area contributed by atoms with Crippen LogP contribution in [0.2, 0.25) is 0 Å². The average Bonchev–Trinajstić information content (AvgIpc) is 2.76. The number of hydrogen-bond donors (Lipinski definition) is 2. The fourth-order valence-electron chi connectivity index (χ4n) is 2.94. The number of nitrogens with one attached hydrogen (secondary N) is 2. The Balaban J connectivity index is 1.52. The summed E-state index contributed by atoms with van der Waals surface area (Å²) >= 11 is 8.70. The van der Waals surface area contributed by atoms with E-state index in [2.05, 4.69) is 38.7 Å². The zero-order chi connectivity index (χ0) is 22.9. The monoisotopic (exact) mass is 512 g/mol. The fraction of sp³-hybridized carbons (Fsp3) is 0.200. The van der Waals surface area contributed by atoms with Crippen LogP contribution in [0.1, 0.15) is 29.8 Å². The zero-order valence-electron chi connectivity index (χ0n) is 17.9. The van der Waals surface area contributed by atoms with E-state index in [1.165, 1.54) is 5.56 Å². The summed E-state index contributed by atoms with van der Waals surface area (Å²) in [5.74, 6) is 0.923. The van der Waals surface area contributed by atoms with Gasteiger partial charge in [0, 0.05) is 16.6 Å². The lowest BCUT2D eigenvalue weighted by Crippen LogP contribution is -2.34. The van der Waals surface area contributed by atoms with Crippen molar-refractivity contribution in [2.45, 2.75) is 26.4 Å². The van der Waals surface area contributed by atoms with Crippen LogP contribution in [0.3, 0.4) is 0 Å². The largest absolute Gasteiger partial charge is 0.493 e. The minimum absolute atomic E-state index is 0.0544. The Bertz CT molecular complexity index is 1060. The van der Waals surface area contributed by atoms with Crippen molar-refractivity contribution in [1.29, 1.82) is 0 Å². The van der Waals surface area contributed by atoms with Crippen LogP contribution in [0.15, 0.2) is 77.3 Å². The molecule has 5 nitrogen and oxygen atoms in total. The summed E-state index contributed by atoms with van der Waals surface area (Å²) in [5.41, 5.74) is 2.39. The Morgan fingerprint density at radius 3 is 2.44 bits per heavy atom. The smallest absolute Gasteiger partial charge is 0.261 e. The summed E-state index contributed by atoms with van der Waals surface area (Å²) in [6.07, 6.45) is 0.788. The van der Waals surface area contributed by atoms with Crippen molar-refractivity contribution in [3.8, 4) is 11.5 Å². The number of hydrogen-bond acceptors (Lipinski definition) is 4. The molecule has 1 amide bonds. The van der Waals surface area contributed by atoms with Gasteiger partial charge in [0.2, 0.25) is 0 Å². The molecule has 3 rings (SSSR count). The van der Waals surface area contributed by atoms with Crippen LogP contribution in [-0.4, -0.2) is 23.7 Å². The average molecular weight is 513 g/mol. The van der Waals surface area contributed by atoms with Crippen LogP contribution in [-0.2, 0) is 6.42 Å². The molecule has 0 aliphatic rings. The van der Waals surface area contributed by atoms with Crippen molar-refractivity contribution >= 4 is 44.9 Å². The van der Waals surface area contributed by atoms with E-state index in [4.69, 9.17) is 21.7 Å². The minimum atomic E-state index is -0.347. The topological polar surface area (TPSA) is 59.6 Å². The summed E-state index contributed by atoms with van der Waals surface area (Å²) in [7, 11) is 0. The molecule has 0 saturated carbocycles. The van der Waals surface area contributed by atoms with Gasteiger partial charge in [0.15, 0.2) is 5.11 Å². The number of halogens is 1. The molecule has 7 heteroatoms. The van der Waals surface area contributed by atoms with Crippen LogP contribution in [0.4, 0.5) is 5.69 Å². The second-order valence-electron chi connectivity index (χ2n) is 7.32. The number of anilines is 1. The Morgan fingerprint density at radius 2 is 1.75 bits per heavy atom. The second kappa shape index (κ2) is 11.6. The standard InChI is InChI=1S/C25H25BrN2O3S/c1-17(2)31-23-13-8-19(26)16-22(23)24(29)28-25(32)27-20-9-11-21(12-10-20)30-15-14-18-6-4-3-5-7-18/h3-13,16-17H,14-15H2,1-2H3,(H2,27,28,29,32). The molecule has 0 bridgehead atoms. The molecule has 0 aromatic heterocycles. The van der Waals surface area contributed by atoms with Gasteiger partial charge in [0.1, 0.15) is 11.5 Å². The van der Waals surface area contributed by atoms with Gasteiger partial charge in [0.25, 0.3) is 5.91 Å². The number of rotatable bonds is 8. The van der Waals surface area contributed by atoms with E-state index in [0.717, 1.165) is 22.3 Å². The summed E-state index contributed by atoms with van der Waals surface area (Å²) in [4.78, 5) is 12.7. The maximum atomic E-state index is 12.7. The lowest BCUT2D eigenvalue weighted by atomic mass is 10.2. The molecule has 0 heterocycles. The zero-order valence-corrected chi connectivity index (χ0v) is 20.3. The first-order chi connectivity index (χ1) is 15.4. The lowest BCUT2D eigenvalue weighted by Gasteiger charge is -2.15. The van der Waals surface area contributed by atoms with Crippen molar-refractivity contribution < 1.29 is 14.3 Å². The number of thiocarbonyl (C=S) groups is 1. The third kappa shape index (κ3) is 7.35. The molecule has 0 atom stereocenters. The Hall–Kier alpha value is -2.90. The van der Waals surface area contributed by atoms with Crippen molar-refractivity contribution in [3.63, 3.8) is 0 Å². The molecular weight excluding hydrogens is 488 g/mol. The maximum Gasteiger partial charge on any atom is 0.261 e. The van der Waals surface area contributed by atoms with Gasteiger partial charge in [-0.25, -0.2) is 0 Å². The molecule has 0 unspecified atom stereocenters. The van der Waals surface area contributed by atoms with Crippen molar-refractivity contribution in [1.82, 2.24) is 5.32 Å². The van der Waals surface area contributed by atoms with Crippen molar-refractivity contribution in [2.75, 3.05) is 11.9 Å². The van der Waals surface area contributed by atoms with Gasteiger partial charge < -0.3 is 14.8 Å². The molecule has 3 aromatic carbocycles. The summed E-state index contributed by atoms with van der Waals surface area (Å²) in [5, 5.41) is 5.92. The third-order valence-electron chi connectivity index (χ3n) is 4.39. The lowest BCUT2D eigenvalue weighted by molar-refractivity contribution is 0.0972. The number of benzene rings is 3. The van der Waals surface area contributed by atoms with Crippen LogP contribution < -0.4 is 20.1 Å². The predicted octanol–water partition coefficient (Wildman–Crippen LogP) is 5.98. The number of ether oxygens (including phenoxy) is 2. The Labute approximate surface area is 202 Å². The van der Waals surface area contributed by atoms with Gasteiger partial charge in [-0.1, -0.05) is 46.3 Å². The summed E-state index contributed by atoms with van der Waals surface area (Å²) in [6.45, 7) is 4.41. The van der Waals surface area contributed by atoms with Crippen LogP contribution in [0.25, 0.3) is 0 Å². The van der Waals surface area contributed by atoms with Crippen LogP contribution in [0, 0.1) is 0 Å². The molecule has 0 fully saturated rings. The fourth-order valence-corrected chi connectivity index (χ4v) is 3.51. The van der Waals surface area contributed by atoms with Gasteiger partial charge in [0.05, 0.1) is 18.3 Å². The Kier molecular flexibility index (Phi) is 8.64.